The Morgan fingerprint density at radius 3 is 1.93 bits per heavy atom. The number of aliphatic carboxylic acids is 1. The van der Waals surface area contributed by atoms with Gasteiger partial charge in [0, 0.05) is 0 Å². The zero-order valence-electron chi connectivity index (χ0n) is 9.62. The number of nitrogens with zero attached hydrogens (tertiary/aromatic N) is 1. The van der Waals surface area contributed by atoms with Crippen molar-refractivity contribution in [3.63, 3.8) is 0 Å². The fourth-order valence-electron chi connectivity index (χ4n) is 1.73. The Bertz CT molecular complexity index is 153. The van der Waals surface area contributed by atoms with Crippen LogP contribution in [0.1, 0.15) is 46.5 Å². The average Bonchev–Trinajstić information content (AvgIpc) is 2.13. The van der Waals surface area contributed by atoms with E-state index in [9.17, 15) is 4.79 Å². The van der Waals surface area contributed by atoms with E-state index in [-0.39, 0.29) is 6.04 Å². The van der Waals surface area contributed by atoms with Crippen LogP contribution in [0.15, 0.2) is 0 Å². The minimum absolute atomic E-state index is 0.278. The van der Waals surface area contributed by atoms with E-state index in [1.54, 1.807) is 0 Å². The van der Waals surface area contributed by atoms with E-state index in [1.165, 1.54) is 0 Å². The topological polar surface area (TPSA) is 40.5 Å². The summed E-state index contributed by atoms with van der Waals surface area (Å²) in [6, 6.07) is -0.278. The zero-order valence-corrected chi connectivity index (χ0v) is 9.62. The molecule has 1 atom stereocenters. The molecule has 0 amide bonds. The summed E-state index contributed by atoms with van der Waals surface area (Å²) < 4.78 is 0. The van der Waals surface area contributed by atoms with Gasteiger partial charge in [-0.25, -0.2) is 0 Å². The molecule has 0 heterocycles. The van der Waals surface area contributed by atoms with E-state index in [0.717, 1.165) is 38.8 Å². The first kappa shape index (κ1) is 13.4. The van der Waals surface area contributed by atoms with E-state index >= 15 is 0 Å². The van der Waals surface area contributed by atoms with Crippen molar-refractivity contribution < 1.29 is 9.90 Å². The Morgan fingerprint density at radius 2 is 1.64 bits per heavy atom. The largest absolute Gasteiger partial charge is 0.480 e. The average molecular weight is 201 g/mol. The molecule has 0 aromatic heterocycles. The predicted octanol–water partition coefficient (Wildman–Crippen LogP) is 2.36. The van der Waals surface area contributed by atoms with Crippen molar-refractivity contribution in [1.29, 1.82) is 0 Å². The molecule has 0 radical (unpaired) electrons. The molecule has 0 saturated heterocycles. The van der Waals surface area contributed by atoms with E-state index in [2.05, 4.69) is 18.7 Å². The Balaban J connectivity index is 4.29. The van der Waals surface area contributed by atoms with Crippen molar-refractivity contribution in [3.8, 4) is 0 Å². The fourth-order valence-corrected chi connectivity index (χ4v) is 1.73. The molecule has 0 rings (SSSR count). The minimum atomic E-state index is -0.672. The SMILES string of the molecule is CCC[C@@H](C(=O)O)N(CCC)CCC. The summed E-state index contributed by atoms with van der Waals surface area (Å²) in [5.74, 6) is -0.672. The molecule has 0 aliphatic rings. The van der Waals surface area contributed by atoms with Crippen LogP contribution in [-0.4, -0.2) is 35.1 Å². The van der Waals surface area contributed by atoms with Crippen molar-refractivity contribution in [2.24, 2.45) is 0 Å². The highest BCUT2D eigenvalue weighted by molar-refractivity contribution is 5.73. The van der Waals surface area contributed by atoms with Gasteiger partial charge in [0.05, 0.1) is 0 Å². The second kappa shape index (κ2) is 7.80. The lowest BCUT2D eigenvalue weighted by molar-refractivity contribution is -0.143. The second-order valence-electron chi connectivity index (χ2n) is 3.68. The highest BCUT2D eigenvalue weighted by Gasteiger charge is 2.22. The molecule has 0 aliphatic carbocycles. The van der Waals surface area contributed by atoms with Crippen LogP contribution in [0.5, 0.6) is 0 Å². The maximum absolute atomic E-state index is 11.0. The third-order valence-electron chi connectivity index (χ3n) is 2.31. The van der Waals surface area contributed by atoms with Gasteiger partial charge in [-0.2, -0.15) is 0 Å². The fraction of sp³-hybridized carbons (Fsp3) is 0.909. The van der Waals surface area contributed by atoms with Gasteiger partial charge in [0.25, 0.3) is 0 Å². The van der Waals surface area contributed by atoms with Gasteiger partial charge in [-0.1, -0.05) is 27.2 Å². The third-order valence-corrected chi connectivity index (χ3v) is 2.31. The Labute approximate surface area is 87.1 Å². The van der Waals surface area contributed by atoms with Gasteiger partial charge in [0.2, 0.25) is 0 Å². The second-order valence-corrected chi connectivity index (χ2v) is 3.68. The number of rotatable bonds is 8. The normalized spacial score (nSPS) is 13.1. The highest BCUT2D eigenvalue weighted by atomic mass is 16.4. The van der Waals surface area contributed by atoms with Gasteiger partial charge in [0.1, 0.15) is 6.04 Å². The molecule has 0 fully saturated rings. The lowest BCUT2D eigenvalue weighted by Gasteiger charge is -2.27. The van der Waals surface area contributed by atoms with Crippen molar-refractivity contribution in [2.45, 2.75) is 52.5 Å². The van der Waals surface area contributed by atoms with Gasteiger partial charge in [-0.3, -0.25) is 9.69 Å². The molecule has 0 aromatic carbocycles. The van der Waals surface area contributed by atoms with Gasteiger partial charge in [0.15, 0.2) is 0 Å². The summed E-state index contributed by atoms with van der Waals surface area (Å²) in [5.41, 5.74) is 0. The van der Waals surface area contributed by atoms with Crippen molar-refractivity contribution in [3.05, 3.63) is 0 Å². The Hall–Kier alpha value is -0.570. The molecule has 3 nitrogen and oxygen atoms in total. The smallest absolute Gasteiger partial charge is 0.320 e. The molecule has 0 unspecified atom stereocenters. The number of carboxylic acid groups (broad SMARTS) is 1. The van der Waals surface area contributed by atoms with Crippen LogP contribution < -0.4 is 0 Å². The van der Waals surface area contributed by atoms with E-state index in [0.29, 0.717) is 0 Å². The van der Waals surface area contributed by atoms with Crippen LogP contribution in [-0.2, 0) is 4.79 Å². The van der Waals surface area contributed by atoms with E-state index in [4.69, 9.17) is 5.11 Å². The van der Waals surface area contributed by atoms with Crippen molar-refractivity contribution >= 4 is 5.97 Å². The summed E-state index contributed by atoms with van der Waals surface area (Å²) in [7, 11) is 0. The summed E-state index contributed by atoms with van der Waals surface area (Å²) in [5, 5.41) is 9.09. The molecule has 0 spiro atoms. The van der Waals surface area contributed by atoms with Crippen LogP contribution >= 0.6 is 0 Å². The van der Waals surface area contributed by atoms with Crippen molar-refractivity contribution in [1.82, 2.24) is 4.90 Å². The molecule has 0 bridgehead atoms. The monoisotopic (exact) mass is 201 g/mol. The lowest BCUT2D eigenvalue weighted by Crippen LogP contribution is -2.42. The maximum atomic E-state index is 11.0. The summed E-state index contributed by atoms with van der Waals surface area (Å²) in [4.78, 5) is 13.1. The minimum Gasteiger partial charge on any atom is -0.480 e. The highest BCUT2D eigenvalue weighted by Crippen LogP contribution is 2.09. The summed E-state index contributed by atoms with van der Waals surface area (Å²) in [6.45, 7) is 8.00. The Morgan fingerprint density at radius 1 is 1.14 bits per heavy atom. The van der Waals surface area contributed by atoms with E-state index < -0.39 is 5.97 Å². The molecule has 14 heavy (non-hydrogen) atoms. The summed E-state index contributed by atoms with van der Waals surface area (Å²) >= 11 is 0. The standard InChI is InChI=1S/C11H23NO2/c1-4-7-10(11(13)14)12(8-5-2)9-6-3/h10H,4-9H2,1-3H3,(H,13,14)/t10-/m0/s1. The number of hydrogen-bond acceptors (Lipinski definition) is 2. The maximum Gasteiger partial charge on any atom is 0.320 e. The molecule has 3 heteroatoms. The molecule has 0 aliphatic heterocycles. The first-order chi connectivity index (χ1) is 6.67. The lowest BCUT2D eigenvalue weighted by atomic mass is 10.1. The number of carboxylic acids is 1. The van der Waals surface area contributed by atoms with Gasteiger partial charge in [-0.15, -0.1) is 0 Å². The quantitative estimate of drug-likeness (QED) is 0.655. The predicted molar refractivity (Wildman–Crippen MR) is 58.5 cm³/mol. The van der Waals surface area contributed by atoms with Gasteiger partial charge in [-0.05, 0) is 32.4 Å². The molecular formula is C11H23NO2. The van der Waals surface area contributed by atoms with Crippen LogP contribution in [0.4, 0.5) is 0 Å². The third kappa shape index (κ3) is 4.61. The molecule has 0 saturated carbocycles. The zero-order chi connectivity index (χ0) is 11.0. The number of carbonyl (C=O) groups is 1. The summed E-state index contributed by atoms with van der Waals surface area (Å²) in [6.07, 6.45) is 3.73. The van der Waals surface area contributed by atoms with E-state index in [1.807, 2.05) is 6.92 Å². The van der Waals surface area contributed by atoms with Crippen LogP contribution in [0.2, 0.25) is 0 Å². The molecule has 0 aromatic rings. The molecular weight excluding hydrogens is 178 g/mol. The first-order valence-corrected chi connectivity index (χ1v) is 5.64. The molecule has 1 N–H and O–H groups in total. The first-order valence-electron chi connectivity index (χ1n) is 5.64. The van der Waals surface area contributed by atoms with Crippen LogP contribution in [0, 0.1) is 0 Å². The number of hydrogen-bond donors (Lipinski definition) is 1. The van der Waals surface area contributed by atoms with Crippen molar-refractivity contribution in [2.75, 3.05) is 13.1 Å². The Kier molecular flexibility index (Phi) is 7.48. The van der Waals surface area contributed by atoms with Gasteiger partial charge >= 0.3 is 5.97 Å². The van der Waals surface area contributed by atoms with Gasteiger partial charge < -0.3 is 5.11 Å². The molecule has 84 valence electrons. The van der Waals surface area contributed by atoms with Crippen LogP contribution in [0.3, 0.4) is 0 Å². The van der Waals surface area contributed by atoms with Crippen LogP contribution in [0.25, 0.3) is 0 Å².